The van der Waals surface area contributed by atoms with Gasteiger partial charge in [-0.05, 0) is 31.6 Å². The maximum absolute atomic E-state index is 12.7. The number of hydrogen-bond acceptors (Lipinski definition) is 3. The molecule has 0 spiro atoms. The molecule has 0 bridgehead atoms. The van der Waals surface area contributed by atoms with Crippen molar-refractivity contribution in [1.29, 1.82) is 0 Å². The fourth-order valence-electron chi connectivity index (χ4n) is 2.69. The normalized spacial score (nSPS) is 16.0. The van der Waals surface area contributed by atoms with Crippen molar-refractivity contribution in [2.75, 3.05) is 46.3 Å². The van der Waals surface area contributed by atoms with Crippen molar-refractivity contribution in [3.05, 3.63) is 48.0 Å². The van der Waals surface area contributed by atoms with E-state index in [1.54, 1.807) is 0 Å². The fourth-order valence-corrected chi connectivity index (χ4v) is 2.69. The Morgan fingerprint density at radius 3 is 2.67 bits per heavy atom. The van der Waals surface area contributed by atoms with Gasteiger partial charge in [0.15, 0.2) is 0 Å². The highest BCUT2D eigenvalue weighted by Crippen LogP contribution is 2.14. The largest absolute Gasteiger partial charge is 0.336 e. The molecule has 0 atom stereocenters. The van der Waals surface area contributed by atoms with E-state index in [0.717, 1.165) is 56.8 Å². The second-order valence-corrected chi connectivity index (χ2v) is 5.39. The minimum atomic E-state index is 0.167. The predicted molar refractivity (Wildman–Crippen MR) is 86.6 cm³/mol. The molecule has 1 aliphatic rings. The molecule has 1 aromatic carbocycles. The Morgan fingerprint density at radius 2 is 2.00 bits per heavy atom. The highest BCUT2D eigenvalue weighted by atomic mass is 16.2. The van der Waals surface area contributed by atoms with Gasteiger partial charge in [-0.2, -0.15) is 0 Å². The molecule has 1 fully saturated rings. The zero-order valence-electron chi connectivity index (χ0n) is 12.8. The Kier molecular flexibility index (Phi) is 5.96. The molecular weight excluding hydrogens is 262 g/mol. The molecule has 114 valence electrons. The summed E-state index contributed by atoms with van der Waals surface area (Å²) in [5.74, 6) is 0.167. The first-order valence-electron chi connectivity index (χ1n) is 7.61. The van der Waals surface area contributed by atoms with Crippen LogP contribution in [0.4, 0.5) is 0 Å². The fraction of sp³-hybridized carbons (Fsp3) is 0.471. The topological polar surface area (TPSA) is 35.6 Å². The van der Waals surface area contributed by atoms with Gasteiger partial charge in [-0.3, -0.25) is 9.69 Å². The van der Waals surface area contributed by atoms with Gasteiger partial charge in [0, 0.05) is 38.3 Å². The first-order valence-corrected chi connectivity index (χ1v) is 7.61. The summed E-state index contributed by atoms with van der Waals surface area (Å²) in [6.07, 6.45) is 2.80. The molecule has 1 heterocycles. The second kappa shape index (κ2) is 7.96. The summed E-state index contributed by atoms with van der Waals surface area (Å²) in [5.41, 5.74) is 1.98. The van der Waals surface area contributed by atoms with E-state index in [1.807, 2.05) is 36.2 Å². The number of carbonyl (C=O) groups is 1. The van der Waals surface area contributed by atoms with Gasteiger partial charge >= 0.3 is 0 Å². The van der Waals surface area contributed by atoms with Crippen LogP contribution in [0.1, 0.15) is 15.9 Å². The molecule has 0 saturated carbocycles. The van der Waals surface area contributed by atoms with Crippen molar-refractivity contribution in [2.45, 2.75) is 6.42 Å². The number of rotatable bonds is 6. The van der Waals surface area contributed by atoms with Gasteiger partial charge in [-0.1, -0.05) is 24.3 Å². The van der Waals surface area contributed by atoms with Crippen LogP contribution in [0.25, 0.3) is 0 Å². The van der Waals surface area contributed by atoms with E-state index in [9.17, 15) is 4.79 Å². The van der Waals surface area contributed by atoms with Crippen molar-refractivity contribution >= 4 is 5.91 Å². The van der Waals surface area contributed by atoms with Gasteiger partial charge in [0.2, 0.25) is 0 Å². The Bertz CT molecular complexity index is 479. The van der Waals surface area contributed by atoms with Crippen molar-refractivity contribution in [1.82, 2.24) is 15.1 Å². The monoisotopic (exact) mass is 287 g/mol. The van der Waals surface area contributed by atoms with E-state index in [-0.39, 0.29) is 5.91 Å². The molecule has 0 radical (unpaired) electrons. The van der Waals surface area contributed by atoms with Crippen LogP contribution >= 0.6 is 0 Å². The molecule has 0 aromatic heterocycles. The third kappa shape index (κ3) is 4.16. The lowest BCUT2D eigenvalue weighted by atomic mass is 10.0. The lowest BCUT2D eigenvalue weighted by Gasteiger charge is -2.34. The lowest BCUT2D eigenvalue weighted by Crippen LogP contribution is -2.48. The molecule has 0 aliphatic carbocycles. The van der Waals surface area contributed by atoms with Crippen LogP contribution in [0.15, 0.2) is 36.9 Å². The molecule has 1 aliphatic heterocycles. The first kappa shape index (κ1) is 15.7. The Labute approximate surface area is 127 Å². The molecule has 1 amide bonds. The average Bonchev–Trinajstić information content (AvgIpc) is 2.53. The smallest absolute Gasteiger partial charge is 0.254 e. The van der Waals surface area contributed by atoms with Gasteiger partial charge in [0.25, 0.3) is 5.91 Å². The average molecular weight is 287 g/mol. The number of hydrogen-bond donors (Lipinski definition) is 1. The van der Waals surface area contributed by atoms with Crippen molar-refractivity contribution in [3.8, 4) is 0 Å². The maximum atomic E-state index is 12.7. The van der Waals surface area contributed by atoms with Gasteiger partial charge in [0.1, 0.15) is 0 Å². The Morgan fingerprint density at radius 1 is 1.29 bits per heavy atom. The zero-order valence-corrected chi connectivity index (χ0v) is 12.8. The SMILES string of the molecule is C=CCN1CCN(C(=O)c2ccccc2CCNC)CC1. The van der Waals surface area contributed by atoms with Gasteiger partial charge < -0.3 is 10.2 Å². The van der Waals surface area contributed by atoms with Gasteiger partial charge in [-0.15, -0.1) is 6.58 Å². The van der Waals surface area contributed by atoms with E-state index in [4.69, 9.17) is 0 Å². The van der Waals surface area contributed by atoms with E-state index >= 15 is 0 Å². The zero-order chi connectivity index (χ0) is 15.1. The van der Waals surface area contributed by atoms with Crippen LogP contribution in [0.3, 0.4) is 0 Å². The quantitative estimate of drug-likeness (QED) is 0.803. The van der Waals surface area contributed by atoms with E-state index in [2.05, 4.69) is 22.9 Å². The van der Waals surface area contributed by atoms with Crippen LogP contribution in [0.5, 0.6) is 0 Å². The molecule has 1 N–H and O–H groups in total. The van der Waals surface area contributed by atoms with E-state index < -0.39 is 0 Å². The molecule has 0 unspecified atom stereocenters. The number of nitrogens with zero attached hydrogens (tertiary/aromatic N) is 2. The Hall–Kier alpha value is -1.65. The second-order valence-electron chi connectivity index (χ2n) is 5.39. The molecule has 2 rings (SSSR count). The van der Waals surface area contributed by atoms with Crippen LogP contribution in [-0.4, -0.2) is 62.0 Å². The standard InChI is InChI=1S/C17H25N3O/c1-3-10-19-11-13-20(14-12-19)17(21)16-7-5-4-6-15(16)8-9-18-2/h3-7,18H,1,8-14H2,2H3. The summed E-state index contributed by atoms with van der Waals surface area (Å²) >= 11 is 0. The van der Waals surface area contributed by atoms with Crippen molar-refractivity contribution in [3.63, 3.8) is 0 Å². The number of piperazine rings is 1. The van der Waals surface area contributed by atoms with Crippen LogP contribution in [0, 0.1) is 0 Å². The summed E-state index contributed by atoms with van der Waals surface area (Å²) in [6.45, 7) is 9.01. The number of amides is 1. The number of benzene rings is 1. The lowest BCUT2D eigenvalue weighted by molar-refractivity contribution is 0.0649. The third-order valence-electron chi connectivity index (χ3n) is 3.94. The Balaban J connectivity index is 2.02. The van der Waals surface area contributed by atoms with Crippen molar-refractivity contribution < 1.29 is 4.79 Å². The third-order valence-corrected chi connectivity index (χ3v) is 3.94. The maximum Gasteiger partial charge on any atom is 0.254 e. The van der Waals surface area contributed by atoms with E-state index in [0.29, 0.717) is 0 Å². The van der Waals surface area contributed by atoms with Gasteiger partial charge in [-0.25, -0.2) is 0 Å². The molecule has 4 heteroatoms. The van der Waals surface area contributed by atoms with Crippen LogP contribution in [-0.2, 0) is 6.42 Å². The number of nitrogens with one attached hydrogen (secondary N) is 1. The minimum Gasteiger partial charge on any atom is -0.336 e. The number of carbonyl (C=O) groups excluding carboxylic acids is 1. The highest BCUT2D eigenvalue weighted by Gasteiger charge is 2.22. The summed E-state index contributed by atoms with van der Waals surface area (Å²) in [6, 6.07) is 7.95. The summed E-state index contributed by atoms with van der Waals surface area (Å²) in [4.78, 5) is 17.0. The van der Waals surface area contributed by atoms with Crippen LogP contribution < -0.4 is 5.32 Å². The van der Waals surface area contributed by atoms with Crippen molar-refractivity contribution in [2.24, 2.45) is 0 Å². The predicted octanol–water partition coefficient (Wildman–Crippen LogP) is 1.39. The molecule has 4 nitrogen and oxygen atoms in total. The van der Waals surface area contributed by atoms with Gasteiger partial charge in [0.05, 0.1) is 0 Å². The highest BCUT2D eigenvalue weighted by molar-refractivity contribution is 5.95. The summed E-state index contributed by atoms with van der Waals surface area (Å²) < 4.78 is 0. The minimum absolute atomic E-state index is 0.167. The van der Waals surface area contributed by atoms with Crippen LogP contribution in [0.2, 0.25) is 0 Å². The number of likely N-dealkylation sites (N-methyl/N-ethyl adjacent to an activating group) is 1. The molecule has 1 saturated heterocycles. The molecule has 21 heavy (non-hydrogen) atoms. The van der Waals surface area contributed by atoms with E-state index in [1.165, 1.54) is 0 Å². The molecule has 1 aromatic rings. The first-order chi connectivity index (χ1) is 10.3. The summed E-state index contributed by atoms with van der Waals surface area (Å²) in [5, 5.41) is 3.14. The summed E-state index contributed by atoms with van der Waals surface area (Å²) in [7, 11) is 1.93. The molecular formula is C17H25N3O.